The Morgan fingerprint density at radius 1 is 1.19 bits per heavy atom. The topological polar surface area (TPSA) is 94.2 Å². The number of nitrogens with zero attached hydrogens (tertiary/aromatic N) is 4. The van der Waals surface area contributed by atoms with Gasteiger partial charge in [-0.05, 0) is 24.5 Å². The standard InChI is InChI=1S/C18H22N6O2/c25-16(23-7-9-24(10-8-23)18-19-12-20-22-18)6-5-14-11-13-3-1-2-4-15(13)21-17(14)26/h1-4,12,14H,5-11H2,(H,21,26)(H,19,20,22). The van der Waals surface area contributed by atoms with Gasteiger partial charge in [0.15, 0.2) is 0 Å². The number of carbonyl (C=O) groups excluding carboxylic acids is 2. The molecule has 0 spiro atoms. The summed E-state index contributed by atoms with van der Waals surface area (Å²) >= 11 is 0. The lowest BCUT2D eigenvalue weighted by Crippen LogP contribution is -2.49. The van der Waals surface area contributed by atoms with Crippen LogP contribution in [0.25, 0.3) is 0 Å². The molecule has 1 saturated heterocycles. The number of aromatic amines is 1. The fourth-order valence-corrected chi connectivity index (χ4v) is 3.62. The maximum atomic E-state index is 12.5. The molecule has 1 aromatic carbocycles. The van der Waals surface area contributed by atoms with E-state index in [-0.39, 0.29) is 17.7 Å². The number of anilines is 2. The van der Waals surface area contributed by atoms with Crippen molar-refractivity contribution in [3.63, 3.8) is 0 Å². The fourth-order valence-electron chi connectivity index (χ4n) is 3.62. The summed E-state index contributed by atoms with van der Waals surface area (Å²) in [5, 5.41) is 9.66. The average molecular weight is 354 g/mol. The van der Waals surface area contributed by atoms with Crippen molar-refractivity contribution >= 4 is 23.5 Å². The molecule has 0 radical (unpaired) electrons. The van der Waals surface area contributed by atoms with Gasteiger partial charge in [-0.3, -0.25) is 9.59 Å². The summed E-state index contributed by atoms with van der Waals surface area (Å²) < 4.78 is 0. The molecule has 0 bridgehead atoms. The van der Waals surface area contributed by atoms with E-state index in [0.717, 1.165) is 30.3 Å². The molecule has 2 N–H and O–H groups in total. The van der Waals surface area contributed by atoms with Crippen molar-refractivity contribution in [2.24, 2.45) is 5.92 Å². The average Bonchev–Trinajstić information content (AvgIpc) is 3.21. The van der Waals surface area contributed by atoms with E-state index in [0.29, 0.717) is 32.4 Å². The third-order valence-corrected chi connectivity index (χ3v) is 5.15. The van der Waals surface area contributed by atoms with Gasteiger partial charge in [0.05, 0.1) is 0 Å². The summed E-state index contributed by atoms with van der Waals surface area (Å²) in [6.07, 6.45) is 3.18. The van der Waals surface area contributed by atoms with Gasteiger partial charge in [-0.15, -0.1) is 0 Å². The Balaban J connectivity index is 1.28. The van der Waals surface area contributed by atoms with E-state index in [1.54, 1.807) is 0 Å². The molecule has 0 saturated carbocycles. The summed E-state index contributed by atoms with van der Waals surface area (Å²) in [4.78, 5) is 32.9. The molecule has 8 nitrogen and oxygen atoms in total. The smallest absolute Gasteiger partial charge is 0.227 e. The minimum Gasteiger partial charge on any atom is -0.339 e. The van der Waals surface area contributed by atoms with E-state index in [2.05, 4.69) is 25.4 Å². The molecule has 2 amide bonds. The monoisotopic (exact) mass is 354 g/mol. The molecular formula is C18H22N6O2. The molecular weight excluding hydrogens is 332 g/mol. The predicted octanol–water partition coefficient (Wildman–Crippen LogP) is 1.04. The second-order valence-corrected chi connectivity index (χ2v) is 6.76. The molecule has 8 heteroatoms. The number of benzene rings is 1. The van der Waals surface area contributed by atoms with E-state index in [4.69, 9.17) is 0 Å². The van der Waals surface area contributed by atoms with Crippen molar-refractivity contribution in [2.75, 3.05) is 36.4 Å². The SMILES string of the molecule is O=C1Nc2ccccc2CC1CCC(=O)N1CCN(c2ncn[nH]2)CC1. The van der Waals surface area contributed by atoms with Gasteiger partial charge in [-0.25, -0.2) is 5.10 Å². The van der Waals surface area contributed by atoms with Crippen LogP contribution in [0.3, 0.4) is 0 Å². The first-order chi connectivity index (χ1) is 12.7. The van der Waals surface area contributed by atoms with E-state index in [9.17, 15) is 9.59 Å². The van der Waals surface area contributed by atoms with Crippen LogP contribution in [0.5, 0.6) is 0 Å². The van der Waals surface area contributed by atoms with Crippen LogP contribution < -0.4 is 10.2 Å². The van der Waals surface area contributed by atoms with Crippen molar-refractivity contribution in [1.29, 1.82) is 0 Å². The normalized spacial score (nSPS) is 19.8. The molecule has 1 atom stereocenters. The maximum Gasteiger partial charge on any atom is 0.227 e. The van der Waals surface area contributed by atoms with Gasteiger partial charge in [-0.1, -0.05) is 18.2 Å². The van der Waals surface area contributed by atoms with Gasteiger partial charge in [0.25, 0.3) is 0 Å². The third kappa shape index (κ3) is 3.40. The number of hydrogen-bond donors (Lipinski definition) is 2. The summed E-state index contributed by atoms with van der Waals surface area (Å²) in [7, 11) is 0. The van der Waals surface area contributed by atoms with Gasteiger partial charge in [0.2, 0.25) is 17.8 Å². The van der Waals surface area contributed by atoms with Crippen LogP contribution in [0.1, 0.15) is 18.4 Å². The molecule has 0 aliphatic carbocycles. The number of rotatable bonds is 4. The quantitative estimate of drug-likeness (QED) is 0.856. The van der Waals surface area contributed by atoms with Gasteiger partial charge >= 0.3 is 0 Å². The molecule has 1 unspecified atom stereocenters. The number of hydrogen-bond acceptors (Lipinski definition) is 5. The van der Waals surface area contributed by atoms with Gasteiger partial charge in [0, 0.05) is 44.2 Å². The Morgan fingerprint density at radius 2 is 2.00 bits per heavy atom. The van der Waals surface area contributed by atoms with Crippen LogP contribution in [0.15, 0.2) is 30.6 Å². The van der Waals surface area contributed by atoms with Crippen LogP contribution >= 0.6 is 0 Å². The van der Waals surface area contributed by atoms with Gasteiger partial charge < -0.3 is 15.1 Å². The number of aromatic nitrogens is 3. The molecule has 1 fully saturated rings. The van der Waals surface area contributed by atoms with E-state index in [1.165, 1.54) is 6.33 Å². The summed E-state index contributed by atoms with van der Waals surface area (Å²) in [5.41, 5.74) is 2.04. The van der Waals surface area contributed by atoms with Gasteiger partial charge in [-0.2, -0.15) is 10.1 Å². The number of amides is 2. The Morgan fingerprint density at radius 3 is 2.77 bits per heavy atom. The van der Waals surface area contributed by atoms with Crippen molar-refractivity contribution in [1.82, 2.24) is 20.1 Å². The Hall–Kier alpha value is -2.90. The van der Waals surface area contributed by atoms with Crippen molar-refractivity contribution in [2.45, 2.75) is 19.3 Å². The highest BCUT2D eigenvalue weighted by Gasteiger charge is 2.28. The molecule has 4 rings (SSSR count). The molecule has 3 heterocycles. The minimum absolute atomic E-state index is 0.0200. The lowest BCUT2D eigenvalue weighted by Gasteiger charge is -2.34. The molecule has 136 valence electrons. The summed E-state index contributed by atoms with van der Waals surface area (Å²) in [6.45, 7) is 2.80. The number of H-pyrrole nitrogens is 1. The molecule has 2 aromatic rings. The highest BCUT2D eigenvalue weighted by Crippen LogP contribution is 2.27. The molecule has 26 heavy (non-hydrogen) atoms. The first-order valence-electron chi connectivity index (χ1n) is 8.97. The van der Waals surface area contributed by atoms with Crippen LogP contribution in [0.2, 0.25) is 0 Å². The van der Waals surface area contributed by atoms with E-state index < -0.39 is 0 Å². The first-order valence-corrected chi connectivity index (χ1v) is 8.97. The van der Waals surface area contributed by atoms with Crippen molar-refractivity contribution < 1.29 is 9.59 Å². The number of carbonyl (C=O) groups is 2. The largest absolute Gasteiger partial charge is 0.339 e. The summed E-state index contributed by atoms with van der Waals surface area (Å²) in [5.74, 6) is 0.750. The van der Waals surface area contributed by atoms with E-state index >= 15 is 0 Å². The highest BCUT2D eigenvalue weighted by molar-refractivity contribution is 5.96. The Bertz CT molecular complexity index is 783. The van der Waals surface area contributed by atoms with Crippen LogP contribution in [0, 0.1) is 5.92 Å². The Kier molecular flexibility index (Phi) is 4.55. The first kappa shape index (κ1) is 16.6. The second kappa shape index (κ2) is 7.15. The molecule has 2 aliphatic heterocycles. The predicted molar refractivity (Wildman–Crippen MR) is 96.7 cm³/mol. The van der Waals surface area contributed by atoms with Crippen molar-refractivity contribution in [3.05, 3.63) is 36.2 Å². The Labute approximate surface area is 151 Å². The lowest BCUT2D eigenvalue weighted by molar-refractivity contribution is -0.132. The fraction of sp³-hybridized carbons (Fsp3) is 0.444. The zero-order valence-electron chi connectivity index (χ0n) is 14.5. The maximum absolute atomic E-state index is 12.5. The zero-order valence-corrected chi connectivity index (χ0v) is 14.5. The zero-order chi connectivity index (χ0) is 17.9. The molecule has 1 aromatic heterocycles. The third-order valence-electron chi connectivity index (χ3n) is 5.15. The van der Waals surface area contributed by atoms with Crippen LogP contribution in [-0.4, -0.2) is 58.1 Å². The van der Waals surface area contributed by atoms with Crippen LogP contribution in [-0.2, 0) is 16.0 Å². The summed E-state index contributed by atoms with van der Waals surface area (Å²) in [6, 6.07) is 7.85. The van der Waals surface area contributed by atoms with Gasteiger partial charge in [0.1, 0.15) is 6.33 Å². The van der Waals surface area contributed by atoms with Crippen LogP contribution in [0.4, 0.5) is 11.6 Å². The number of fused-ring (bicyclic) bond motifs is 1. The second-order valence-electron chi connectivity index (χ2n) is 6.76. The number of para-hydroxylation sites is 1. The number of nitrogens with one attached hydrogen (secondary N) is 2. The lowest BCUT2D eigenvalue weighted by atomic mass is 9.89. The van der Waals surface area contributed by atoms with E-state index in [1.807, 2.05) is 29.2 Å². The highest BCUT2D eigenvalue weighted by atomic mass is 16.2. The molecule has 2 aliphatic rings. The minimum atomic E-state index is -0.135. The number of piperazine rings is 1. The van der Waals surface area contributed by atoms with Crippen molar-refractivity contribution in [3.8, 4) is 0 Å².